The van der Waals surface area contributed by atoms with Gasteiger partial charge in [-0.2, -0.15) is 15.0 Å². The Morgan fingerprint density at radius 3 is 2.74 bits per heavy atom. The van der Waals surface area contributed by atoms with Gasteiger partial charge in [-0.05, 0) is 30.5 Å². The number of aromatic nitrogens is 4. The Labute approximate surface area is 186 Å². The number of benzene rings is 1. The third-order valence-corrected chi connectivity index (χ3v) is 6.28. The molecule has 0 bridgehead atoms. The van der Waals surface area contributed by atoms with Crippen LogP contribution in [0.25, 0.3) is 9.88 Å². The number of aryl methyl sites for hydroxylation is 1. The van der Waals surface area contributed by atoms with Gasteiger partial charge in [0.15, 0.2) is 12.4 Å². The number of methoxy groups -OCH3 is 1. The number of para-hydroxylation sites is 2. The maximum absolute atomic E-state index is 12.6. The van der Waals surface area contributed by atoms with E-state index in [-0.39, 0.29) is 24.3 Å². The Hall–Kier alpha value is -3.57. The molecule has 0 spiro atoms. The molecule has 4 rings (SSSR count). The molecule has 0 aliphatic heterocycles. The number of ether oxygens (including phenoxy) is 2. The zero-order chi connectivity index (χ0) is 21.8. The molecule has 0 aliphatic carbocycles. The molecular formula is C20H18N6O3S2. The Kier molecular flexibility index (Phi) is 6.05. The summed E-state index contributed by atoms with van der Waals surface area (Å²) in [5.41, 5.74) is 7.09. The molecule has 9 nitrogen and oxygen atoms in total. The largest absolute Gasteiger partial charge is 0.495 e. The van der Waals surface area contributed by atoms with Gasteiger partial charge in [0.1, 0.15) is 15.6 Å². The van der Waals surface area contributed by atoms with Crippen LogP contribution < -0.4 is 15.8 Å². The van der Waals surface area contributed by atoms with E-state index in [0.717, 1.165) is 9.88 Å². The predicted octanol–water partition coefficient (Wildman–Crippen LogP) is 4.06. The molecule has 0 fully saturated rings. The Bertz CT molecular complexity index is 1210. The van der Waals surface area contributed by atoms with E-state index < -0.39 is 5.97 Å². The van der Waals surface area contributed by atoms with Crippen molar-refractivity contribution in [2.75, 3.05) is 18.2 Å². The van der Waals surface area contributed by atoms with Crippen molar-refractivity contribution in [2.24, 2.45) is 0 Å². The van der Waals surface area contributed by atoms with Gasteiger partial charge in [-0.3, -0.25) is 0 Å². The first kappa shape index (κ1) is 20.7. The monoisotopic (exact) mass is 454 g/mol. The summed E-state index contributed by atoms with van der Waals surface area (Å²) in [6.45, 7) is 1.62. The molecule has 4 aromatic rings. The van der Waals surface area contributed by atoms with Crippen LogP contribution in [0, 0.1) is 6.92 Å². The Morgan fingerprint density at radius 2 is 1.97 bits per heavy atom. The number of thiazole rings is 1. The van der Waals surface area contributed by atoms with Gasteiger partial charge in [0.05, 0.1) is 23.4 Å². The SMILES string of the molecule is COc1ccccc1Nc1nc(N)nc(COC(=O)c2sc(-c3cccs3)nc2C)n1. The van der Waals surface area contributed by atoms with Gasteiger partial charge in [0.2, 0.25) is 11.9 Å². The summed E-state index contributed by atoms with van der Waals surface area (Å²) in [5.74, 6) is 0.580. The van der Waals surface area contributed by atoms with Crippen LogP contribution in [0.15, 0.2) is 41.8 Å². The summed E-state index contributed by atoms with van der Waals surface area (Å²) in [4.78, 5) is 30.9. The molecule has 0 saturated carbocycles. The second kappa shape index (κ2) is 9.06. The normalized spacial score (nSPS) is 10.6. The number of hydrogen-bond donors (Lipinski definition) is 2. The molecule has 0 unspecified atom stereocenters. The lowest BCUT2D eigenvalue weighted by atomic mass is 10.3. The number of nitrogens with two attached hydrogens (primary N) is 1. The fourth-order valence-electron chi connectivity index (χ4n) is 2.71. The van der Waals surface area contributed by atoms with E-state index >= 15 is 0 Å². The van der Waals surface area contributed by atoms with Gasteiger partial charge in [0, 0.05) is 0 Å². The average molecular weight is 455 g/mol. The fraction of sp³-hybridized carbons (Fsp3) is 0.150. The van der Waals surface area contributed by atoms with Crippen LogP contribution in [-0.4, -0.2) is 33.0 Å². The third-order valence-electron chi connectivity index (χ3n) is 4.10. The number of esters is 1. The number of anilines is 3. The smallest absolute Gasteiger partial charge is 0.350 e. The number of nitrogens with one attached hydrogen (secondary N) is 1. The maximum atomic E-state index is 12.6. The molecule has 11 heteroatoms. The first-order valence-electron chi connectivity index (χ1n) is 9.12. The highest BCUT2D eigenvalue weighted by Gasteiger charge is 2.19. The molecule has 0 atom stereocenters. The Morgan fingerprint density at radius 1 is 1.13 bits per heavy atom. The van der Waals surface area contributed by atoms with E-state index in [1.165, 1.54) is 11.3 Å². The predicted molar refractivity (Wildman–Crippen MR) is 120 cm³/mol. The number of carbonyl (C=O) groups is 1. The minimum Gasteiger partial charge on any atom is -0.495 e. The second-order valence-corrected chi connectivity index (χ2v) is 8.19. The first-order chi connectivity index (χ1) is 15.0. The average Bonchev–Trinajstić information content (AvgIpc) is 3.42. The lowest BCUT2D eigenvalue weighted by molar-refractivity contribution is 0.0467. The Balaban J connectivity index is 1.47. The van der Waals surface area contributed by atoms with Crippen molar-refractivity contribution in [3.63, 3.8) is 0 Å². The van der Waals surface area contributed by atoms with Crippen LogP contribution in [0.4, 0.5) is 17.6 Å². The van der Waals surface area contributed by atoms with Crippen molar-refractivity contribution in [3.05, 3.63) is 58.2 Å². The van der Waals surface area contributed by atoms with Crippen molar-refractivity contribution in [3.8, 4) is 15.6 Å². The topological polar surface area (TPSA) is 125 Å². The lowest BCUT2D eigenvalue weighted by Gasteiger charge is -2.10. The minimum absolute atomic E-state index is 0.00685. The van der Waals surface area contributed by atoms with Gasteiger partial charge >= 0.3 is 5.97 Å². The zero-order valence-corrected chi connectivity index (χ0v) is 18.3. The van der Waals surface area contributed by atoms with Crippen LogP contribution >= 0.6 is 22.7 Å². The van der Waals surface area contributed by atoms with E-state index in [1.807, 2.05) is 35.7 Å². The van der Waals surface area contributed by atoms with Crippen molar-refractivity contribution < 1.29 is 14.3 Å². The molecule has 158 valence electrons. The molecule has 3 N–H and O–H groups in total. The van der Waals surface area contributed by atoms with Crippen molar-refractivity contribution in [2.45, 2.75) is 13.5 Å². The van der Waals surface area contributed by atoms with Crippen LogP contribution in [-0.2, 0) is 11.3 Å². The number of rotatable bonds is 7. The second-order valence-electron chi connectivity index (χ2n) is 6.25. The summed E-state index contributed by atoms with van der Waals surface area (Å²) >= 11 is 2.86. The van der Waals surface area contributed by atoms with Crippen LogP contribution in [0.5, 0.6) is 5.75 Å². The molecule has 0 saturated heterocycles. The highest BCUT2D eigenvalue weighted by Crippen LogP contribution is 2.31. The number of hydrogen-bond acceptors (Lipinski definition) is 11. The van der Waals surface area contributed by atoms with Gasteiger partial charge in [-0.15, -0.1) is 22.7 Å². The number of nitrogens with zero attached hydrogens (tertiary/aromatic N) is 4. The number of thiophene rings is 1. The van der Waals surface area contributed by atoms with Gasteiger partial charge < -0.3 is 20.5 Å². The maximum Gasteiger partial charge on any atom is 0.350 e. The van der Waals surface area contributed by atoms with Gasteiger partial charge in [0.25, 0.3) is 0 Å². The van der Waals surface area contributed by atoms with Crippen LogP contribution in [0.1, 0.15) is 21.2 Å². The lowest BCUT2D eigenvalue weighted by Crippen LogP contribution is -2.11. The summed E-state index contributed by atoms with van der Waals surface area (Å²) in [6, 6.07) is 11.2. The third kappa shape index (κ3) is 4.78. The quantitative estimate of drug-likeness (QED) is 0.398. The van der Waals surface area contributed by atoms with E-state index in [9.17, 15) is 4.79 Å². The number of nitrogen functional groups attached to an aromatic ring is 1. The fourth-order valence-corrected chi connectivity index (χ4v) is 4.47. The summed E-state index contributed by atoms with van der Waals surface area (Å²) in [6.07, 6.45) is 0. The van der Waals surface area contributed by atoms with Crippen molar-refractivity contribution in [1.29, 1.82) is 0 Å². The minimum atomic E-state index is -0.490. The summed E-state index contributed by atoms with van der Waals surface area (Å²) in [7, 11) is 1.57. The van der Waals surface area contributed by atoms with Crippen molar-refractivity contribution in [1.82, 2.24) is 19.9 Å². The number of carbonyl (C=O) groups excluding carboxylic acids is 1. The van der Waals surface area contributed by atoms with E-state index in [2.05, 4.69) is 25.3 Å². The standard InChI is InChI=1S/C20H18N6O3S2/c1-11-16(31-17(22-11)14-8-5-9-30-14)18(27)29-10-15-24-19(21)26-20(25-15)23-12-6-3-4-7-13(12)28-2/h3-9H,10H2,1-2H3,(H3,21,23,24,25,26). The zero-order valence-electron chi connectivity index (χ0n) is 16.7. The molecule has 3 heterocycles. The highest BCUT2D eigenvalue weighted by atomic mass is 32.1. The van der Waals surface area contributed by atoms with Crippen molar-refractivity contribution >= 4 is 46.2 Å². The molecule has 3 aromatic heterocycles. The van der Waals surface area contributed by atoms with Crippen LogP contribution in [0.3, 0.4) is 0 Å². The molecular weight excluding hydrogens is 436 g/mol. The molecule has 0 amide bonds. The molecule has 0 radical (unpaired) electrons. The first-order valence-corrected chi connectivity index (χ1v) is 10.8. The molecule has 31 heavy (non-hydrogen) atoms. The van der Waals surface area contributed by atoms with Gasteiger partial charge in [-0.25, -0.2) is 9.78 Å². The van der Waals surface area contributed by atoms with E-state index in [4.69, 9.17) is 15.2 Å². The van der Waals surface area contributed by atoms with E-state index in [1.54, 1.807) is 31.4 Å². The van der Waals surface area contributed by atoms with Crippen LogP contribution in [0.2, 0.25) is 0 Å². The van der Waals surface area contributed by atoms with Gasteiger partial charge in [-0.1, -0.05) is 18.2 Å². The van der Waals surface area contributed by atoms with E-state index in [0.29, 0.717) is 22.0 Å². The summed E-state index contributed by atoms with van der Waals surface area (Å²) < 4.78 is 10.7. The summed E-state index contributed by atoms with van der Waals surface area (Å²) in [5, 5.41) is 5.79. The molecule has 0 aliphatic rings. The highest BCUT2D eigenvalue weighted by molar-refractivity contribution is 7.22. The molecule has 1 aromatic carbocycles.